The molecule has 144 valence electrons. The summed E-state index contributed by atoms with van der Waals surface area (Å²) < 4.78 is 16.7. The van der Waals surface area contributed by atoms with E-state index in [0.717, 1.165) is 18.4 Å². The zero-order chi connectivity index (χ0) is 19.4. The molecule has 0 aromatic rings. The van der Waals surface area contributed by atoms with Gasteiger partial charge >= 0.3 is 11.9 Å². The number of carbonyl (C=O) groups is 2. The number of carboxylic acids is 1. The van der Waals surface area contributed by atoms with Gasteiger partial charge in [0.15, 0.2) is 12.0 Å². The molecule has 1 amide bonds. The molecule has 27 heavy (non-hydrogen) atoms. The Morgan fingerprint density at radius 2 is 2.19 bits per heavy atom. The molecule has 1 atom stereocenters. The number of allylic oxidation sites excluding steroid dienone is 4. The number of ether oxygens (including phenoxy) is 3. The molecule has 2 aliphatic heterocycles. The normalized spacial score (nSPS) is 20.3. The Morgan fingerprint density at radius 3 is 2.85 bits per heavy atom. The highest BCUT2D eigenvalue weighted by Gasteiger charge is 2.35. The number of carbonyl (C=O) groups excluding carboxylic acids is 1. The fraction of sp³-hybridized carbons (Fsp3) is 0.400. The summed E-state index contributed by atoms with van der Waals surface area (Å²) in [6, 6.07) is -0.887. The summed E-state index contributed by atoms with van der Waals surface area (Å²) >= 11 is 0. The Kier molecular flexibility index (Phi) is 5.69. The number of hydrogen-bond acceptors (Lipinski definition) is 5. The van der Waals surface area contributed by atoms with Crippen LogP contribution in [-0.4, -0.2) is 34.5 Å². The Balaban J connectivity index is 1.62. The molecule has 3 rings (SSSR count). The lowest BCUT2D eigenvalue weighted by Gasteiger charge is -2.26. The SMILES string of the molecule is CC(C)C[C@@H](C(=O)O)N1CC(OC2=COC=C(C3=CC=CCC3)O2)=CC1=O. The van der Waals surface area contributed by atoms with Gasteiger partial charge in [-0.05, 0) is 30.8 Å². The van der Waals surface area contributed by atoms with E-state index in [1.807, 2.05) is 26.0 Å². The van der Waals surface area contributed by atoms with Gasteiger partial charge in [-0.15, -0.1) is 0 Å². The topological polar surface area (TPSA) is 85.3 Å². The van der Waals surface area contributed by atoms with Crippen LogP contribution in [0.15, 0.2) is 59.9 Å². The molecule has 0 bridgehead atoms. The number of aliphatic carboxylic acids is 1. The quantitative estimate of drug-likeness (QED) is 0.738. The molecular weight excluding hydrogens is 350 g/mol. The van der Waals surface area contributed by atoms with E-state index in [1.165, 1.54) is 23.5 Å². The lowest BCUT2D eigenvalue weighted by Crippen LogP contribution is -2.43. The van der Waals surface area contributed by atoms with Crippen LogP contribution in [0.2, 0.25) is 0 Å². The van der Waals surface area contributed by atoms with Crippen LogP contribution in [-0.2, 0) is 23.8 Å². The molecule has 0 aromatic heterocycles. The van der Waals surface area contributed by atoms with E-state index in [0.29, 0.717) is 17.9 Å². The number of rotatable bonds is 7. The van der Waals surface area contributed by atoms with E-state index >= 15 is 0 Å². The third-order valence-corrected chi connectivity index (χ3v) is 4.36. The number of nitrogens with zero attached hydrogens (tertiary/aromatic N) is 1. The van der Waals surface area contributed by atoms with Gasteiger partial charge in [0.05, 0.1) is 6.54 Å². The van der Waals surface area contributed by atoms with Crippen LogP contribution in [0.1, 0.15) is 33.1 Å². The standard InChI is InChI=1S/C20H23NO6/c1-13(2)8-16(20(23)24)21-10-15(9-18(21)22)26-19-12-25-11-17(27-19)14-6-4-3-5-7-14/h3-4,6,9,11-13,16H,5,7-8,10H2,1-2H3,(H,23,24)/t16-/m0/s1. The van der Waals surface area contributed by atoms with Crippen molar-refractivity contribution in [2.75, 3.05) is 6.54 Å². The maximum Gasteiger partial charge on any atom is 0.327 e. The van der Waals surface area contributed by atoms with E-state index in [2.05, 4.69) is 6.08 Å². The fourth-order valence-corrected chi connectivity index (χ4v) is 3.08. The van der Waals surface area contributed by atoms with Gasteiger partial charge in [-0.3, -0.25) is 4.79 Å². The smallest absolute Gasteiger partial charge is 0.327 e. The minimum Gasteiger partial charge on any atom is -0.480 e. The van der Waals surface area contributed by atoms with Crippen molar-refractivity contribution in [1.29, 1.82) is 0 Å². The predicted molar refractivity (Wildman–Crippen MR) is 96.6 cm³/mol. The van der Waals surface area contributed by atoms with E-state index in [1.54, 1.807) is 0 Å². The van der Waals surface area contributed by atoms with E-state index in [-0.39, 0.29) is 24.3 Å². The van der Waals surface area contributed by atoms with E-state index in [9.17, 15) is 14.7 Å². The van der Waals surface area contributed by atoms with Crippen LogP contribution in [0.3, 0.4) is 0 Å². The van der Waals surface area contributed by atoms with Gasteiger partial charge in [-0.1, -0.05) is 32.1 Å². The first kappa shape index (κ1) is 18.8. The average Bonchev–Trinajstić information content (AvgIpc) is 3.00. The lowest BCUT2D eigenvalue weighted by atomic mass is 10.0. The van der Waals surface area contributed by atoms with Gasteiger partial charge in [0, 0.05) is 6.08 Å². The van der Waals surface area contributed by atoms with E-state index in [4.69, 9.17) is 14.2 Å². The van der Waals surface area contributed by atoms with E-state index < -0.39 is 12.0 Å². The summed E-state index contributed by atoms with van der Waals surface area (Å²) in [5.41, 5.74) is 0.993. The van der Waals surface area contributed by atoms with Gasteiger partial charge in [0.2, 0.25) is 0 Å². The molecule has 0 fully saturated rings. The van der Waals surface area contributed by atoms with Gasteiger partial charge in [-0.2, -0.15) is 0 Å². The molecule has 0 saturated carbocycles. The molecular formula is C20H23NO6. The molecule has 0 spiro atoms. The van der Waals surface area contributed by atoms with Crippen molar-refractivity contribution in [3.63, 3.8) is 0 Å². The molecule has 7 nitrogen and oxygen atoms in total. The predicted octanol–water partition coefficient (Wildman–Crippen LogP) is 3.19. The third kappa shape index (κ3) is 4.61. The highest BCUT2D eigenvalue weighted by atomic mass is 16.7. The van der Waals surface area contributed by atoms with Gasteiger partial charge in [0.1, 0.15) is 18.1 Å². The summed E-state index contributed by atoms with van der Waals surface area (Å²) in [6.07, 6.45) is 12.2. The van der Waals surface area contributed by atoms with Gasteiger partial charge < -0.3 is 24.2 Å². The maximum atomic E-state index is 12.3. The molecule has 7 heteroatoms. The van der Waals surface area contributed by atoms with Crippen LogP contribution >= 0.6 is 0 Å². The van der Waals surface area contributed by atoms with Crippen molar-refractivity contribution < 1.29 is 28.9 Å². The molecule has 0 saturated heterocycles. The summed E-state index contributed by atoms with van der Waals surface area (Å²) in [6.45, 7) is 3.92. The van der Waals surface area contributed by atoms with Crippen molar-refractivity contribution in [1.82, 2.24) is 4.90 Å². The second-order valence-electron chi connectivity index (χ2n) is 6.98. The summed E-state index contributed by atoms with van der Waals surface area (Å²) in [7, 11) is 0. The van der Waals surface area contributed by atoms with Crippen molar-refractivity contribution in [3.05, 3.63) is 59.9 Å². The minimum atomic E-state index is -1.02. The number of hydrogen-bond donors (Lipinski definition) is 1. The van der Waals surface area contributed by atoms with Crippen molar-refractivity contribution >= 4 is 11.9 Å². The number of carboxylic acid groups (broad SMARTS) is 1. The van der Waals surface area contributed by atoms with Crippen molar-refractivity contribution in [3.8, 4) is 0 Å². The Hall–Kier alpha value is -2.96. The second-order valence-corrected chi connectivity index (χ2v) is 6.98. The first-order chi connectivity index (χ1) is 12.9. The Labute approximate surface area is 157 Å². The molecule has 2 heterocycles. The lowest BCUT2D eigenvalue weighted by molar-refractivity contribution is -0.148. The molecule has 1 aliphatic carbocycles. The van der Waals surface area contributed by atoms with Crippen LogP contribution in [0, 0.1) is 5.92 Å². The van der Waals surface area contributed by atoms with Crippen LogP contribution < -0.4 is 0 Å². The molecule has 1 N–H and O–H groups in total. The maximum absolute atomic E-state index is 12.3. The van der Waals surface area contributed by atoms with Gasteiger partial charge in [-0.25, -0.2) is 4.79 Å². The summed E-state index contributed by atoms with van der Waals surface area (Å²) in [5, 5.41) is 9.45. The van der Waals surface area contributed by atoms with Crippen LogP contribution in [0.4, 0.5) is 0 Å². The minimum absolute atomic E-state index is 0.0771. The van der Waals surface area contributed by atoms with Crippen molar-refractivity contribution in [2.45, 2.75) is 39.2 Å². The van der Waals surface area contributed by atoms with Crippen LogP contribution in [0.25, 0.3) is 0 Å². The Morgan fingerprint density at radius 1 is 1.37 bits per heavy atom. The first-order valence-corrected chi connectivity index (χ1v) is 8.95. The molecule has 0 aromatic carbocycles. The molecule has 3 aliphatic rings. The fourth-order valence-electron chi connectivity index (χ4n) is 3.08. The molecule has 0 radical (unpaired) electrons. The number of amides is 1. The third-order valence-electron chi connectivity index (χ3n) is 4.36. The highest BCUT2D eigenvalue weighted by Crippen LogP contribution is 2.29. The zero-order valence-corrected chi connectivity index (χ0v) is 15.4. The summed E-state index contributed by atoms with van der Waals surface area (Å²) in [4.78, 5) is 25.1. The summed E-state index contributed by atoms with van der Waals surface area (Å²) in [5.74, 6) is -0.269. The largest absolute Gasteiger partial charge is 0.480 e. The van der Waals surface area contributed by atoms with Crippen molar-refractivity contribution in [2.24, 2.45) is 5.92 Å². The van der Waals surface area contributed by atoms with Crippen LogP contribution in [0.5, 0.6) is 0 Å². The Bertz CT molecular complexity index is 771. The second kappa shape index (κ2) is 8.16. The first-order valence-electron chi connectivity index (χ1n) is 8.95. The zero-order valence-electron chi connectivity index (χ0n) is 15.4. The monoisotopic (exact) mass is 373 g/mol. The molecule has 0 unspecified atom stereocenters. The highest BCUT2D eigenvalue weighted by molar-refractivity contribution is 5.94. The van der Waals surface area contributed by atoms with Gasteiger partial charge in [0.25, 0.3) is 5.91 Å². The average molecular weight is 373 g/mol.